The molecular weight excluding hydrogens is 312 g/mol. The molecule has 2 aliphatic rings. The number of hydrogen-bond acceptors (Lipinski definition) is 6. The summed E-state index contributed by atoms with van der Waals surface area (Å²) in [4.78, 5) is 13.0. The minimum absolute atomic E-state index is 0.0336. The van der Waals surface area contributed by atoms with Gasteiger partial charge in [0.1, 0.15) is 39.2 Å². The molecule has 0 unspecified atom stereocenters. The smallest absolute Gasteiger partial charge is 0.208 e. The summed E-state index contributed by atoms with van der Waals surface area (Å²) in [6.07, 6.45) is 0.460. The summed E-state index contributed by atoms with van der Waals surface area (Å²) < 4.78 is 22.8. The van der Waals surface area contributed by atoms with Crippen molar-refractivity contribution >= 4 is 21.9 Å². The molecule has 0 radical (unpaired) electrons. The number of aromatic hydroxyl groups is 1. The van der Waals surface area contributed by atoms with Crippen molar-refractivity contribution in [3.63, 3.8) is 0 Å². The van der Waals surface area contributed by atoms with Crippen LogP contribution in [-0.4, -0.2) is 25.1 Å². The summed E-state index contributed by atoms with van der Waals surface area (Å²) in [6, 6.07) is 6.47. The zero-order chi connectivity index (χ0) is 16.4. The van der Waals surface area contributed by atoms with Crippen molar-refractivity contribution in [2.24, 2.45) is 0 Å². The molecule has 2 aliphatic heterocycles. The molecule has 2 aromatic carbocycles. The van der Waals surface area contributed by atoms with Crippen molar-refractivity contribution in [1.29, 1.82) is 0 Å². The van der Waals surface area contributed by atoms with Gasteiger partial charge >= 0.3 is 0 Å². The van der Waals surface area contributed by atoms with Gasteiger partial charge in [-0.25, -0.2) is 0 Å². The topological polar surface area (TPSA) is 78.1 Å². The lowest BCUT2D eigenvalue weighted by Gasteiger charge is -2.11. The Morgan fingerprint density at radius 1 is 1.29 bits per heavy atom. The van der Waals surface area contributed by atoms with Crippen LogP contribution in [0.15, 0.2) is 33.5 Å². The van der Waals surface area contributed by atoms with E-state index in [9.17, 15) is 9.90 Å². The molecule has 0 saturated carbocycles. The number of phenolic OH excluding ortho intramolecular Hbond substituents is 1. The summed E-state index contributed by atoms with van der Waals surface area (Å²) in [5.41, 5.74) is 1.32. The molecule has 0 amide bonds. The Morgan fingerprint density at radius 3 is 3.00 bits per heavy atom. The number of ether oxygens (including phenoxy) is 3. The van der Waals surface area contributed by atoms with Gasteiger partial charge in [0.05, 0.1) is 19.6 Å². The standard InChI is InChI=1S/C18H14O6/c1-21-11-7-12-13(8-5-6-22-18(8)24-12)17-15(11)16(20)14-9(19)3-2-4-10(14)23-17/h2-4,7-8,18-19H,5-6H2,1H3/t8-,18+/m0/s1. The van der Waals surface area contributed by atoms with Crippen LogP contribution in [0.5, 0.6) is 17.2 Å². The van der Waals surface area contributed by atoms with E-state index in [1.165, 1.54) is 13.2 Å². The average molecular weight is 326 g/mol. The first kappa shape index (κ1) is 13.7. The van der Waals surface area contributed by atoms with E-state index in [1.807, 2.05) is 0 Å². The molecule has 0 bridgehead atoms. The second-order valence-electron chi connectivity index (χ2n) is 6.03. The normalized spacial score (nSPS) is 21.7. The molecule has 24 heavy (non-hydrogen) atoms. The molecule has 6 nitrogen and oxygen atoms in total. The van der Waals surface area contributed by atoms with Gasteiger partial charge in [-0.05, 0) is 18.6 Å². The third-order valence-corrected chi connectivity index (χ3v) is 4.79. The van der Waals surface area contributed by atoms with Gasteiger partial charge < -0.3 is 23.7 Å². The van der Waals surface area contributed by atoms with Crippen molar-refractivity contribution < 1.29 is 23.7 Å². The van der Waals surface area contributed by atoms with E-state index in [4.69, 9.17) is 18.6 Å². The fourth-order valence-electron chi connectivity index (χ4n) is 3.71. The number of fused-ring (bicyclic) bond motifs is 6. The Morgan fingerprint density at radius 2 is 2.17 bits per heavy atom. The Bertz CT molecular complexity index is 1050. The van der Waals surface area contributed by atoms with E-state index < -0.39 is 0 Å². The average Bonchev–Trinajstić information content (AvgIpc) is 3.14. The number of hydrogen-bond donors (Lipinski definition) is 1. The van der Waals surface area contributed by atoms with Crippen LogP contribution in [0.3, 0.4) is 0 Å². The van der Waals surface area contributed by atoms with Gasteiger partial charge in [0.2, 0.25) is 11.7 Å². The maximum Gasteiger partial charge on any atom is 0.208 e. The van der Waals surface area contributed by atoms with Crippen molar-refractivity contribution in [2.75, 3.05) is 13.7 Å². The molecule has 3 aromatic rings. The number of benzene rings is 2. The zero-order valence-corrected chi connectivity index (χ0v) is 12.9. The molecule has 122 valence electrons. The van der Waals surface area contributed by atoms with Crippen LogP contribution in [0.2, 0.25) is 0 Å². The Hall–Kier alpha value is -2.73. The molecule has 2 atom stereocenters. The largest absolute Gasteiger partial charge is 0.507 e. The first-order chi connectivity index (χ1) is 11.7. The molecule has 0 spiro atoms. The van der Waals surface area contributed by atoms with Gasteiger partial charge in [-0.1, -0.05) is 6.07 Å². The van der Waals surface area contributed by atoms with Gasteiger partial charge in [0, 0.05) is 11.6 Å². The van der Waals surface area contributed by atoms with E-state index in [2.05, 4.69) is 0 Å². The molecule has 1 N–H and O–H groups in total. The van der Waals surface area contributed by atoms with E-state index in [0.717, 1.165) is 12.0 Å². The highest BCUT2D eigenvalue weighted by atomic mass is 16.7. The molecule has 6 heteroatoms. The summed E-state index contributed by atoms with van der Waals surface area (Å²) in [7, 11) is 1.49. The van der Waals surface area contributed by atoms with Crippen LogP contribution in [-0.2, 0) is 4.74 Å². The third kappa shape index (κ3) is 1.61. The fourth-order valence-corrected chi connectivity index (χ4v) is 3.71. The maximum atomic E-state index is 13.0. The van der Waals surface area contributed by atoms with Gasteiger partial charge in [-0.3, -0.25) is 4.79 Å². The first-order valence-corrected chi connectivity index (χ1v) is 7.76. The minimum Gasteiger partial charge on any atom is -0.507 e. The lowest BCUT2D eigenvalue weighted by molar-refractivity contribution is -0.0337. The van der Waals surface area contributed by atoms with E-state index in [1.54, 1.807) is 18.2 Å². The minimum atomic E-state index is -0.347. The van der Waals surface area contributed by atoms with Crippen LogP contribution >= 0.6 is 0 Å². The van der Waals surface area contributed by atoms with Gasteiger partial charge in [-0.2, -0.15) is 0 Å². The van der Waals surface area contributed by atoms with Crippen LogP contribution in [0, 0.1) is 0 Å². The monoisotopic (exact) mass is 326 g/mol. The van der Waals surface area contributed by atoms with E-state index in [0.29, 0.717) is 34.7 Å². The SMILES string of the molecule is COc1cc2c(c3oc4cccc(O)c4c(=O)c13)[C@@H]1CCO[C@@H]1O2. The van der Waals surface area contributed by atoms with E-state index in [-0.39, 0.29) is 28.8 Å². The Kier molecular flexibility index (Phi) is 2.65. The summed E-state index contributed by atoms with van der Waals surface area (Å²) in [5.74, 6) is 0.912. The summed E-state index contributed by atoms with van der Waals surface area (Å²) in [5, 5.41) is 10.5. The number of phenols is 1. The Labute approximate surface area is 136 Å². The quantitative estimate of drug-likeness (QED) is 0.693. The van der Waals surface area contributed by atoms with Crippen molar-refractivity contribution in [1.82, 2.24) is 0 Å². The van der Waals surface area contributed by atoms with Crippen LogP contribution < -0.4 is 14.9 Å². The molecule has 1 saturated heterocycles. The molecule has 5 rings (SSSR count). The number of methoxy groups -OCH3 is 1. The maximum absolute atomic E-state index is 13.0. The highest BCUT2D eigenvalue weighted by Crippen LogP contribution is 2.49. The van der Waals surface area contributed by atoms with Crippen LogP contribution in [0.1, 0.15) is 17.9 Å². The lowest BCUT2D eigenvalue weighted by atomic mass is 9.95. The van der Waals surface area contributed by atoms with Crippen molar-refractivity contribution in [3.8, 4) is 17.2 Å². The molecule has 3 heterocycles. The molecular formula is C18H14O6. The Balaban J connectivity index is 1.98. The fraction of sp³-hybridized carbons (Fsp3) is 0.278. The summed E-state index contributed by atoms with van der Waals surface area (Å²) >= 11 is 0. The van der Waals surface area contributed by atoms with Crippen LogP contribution in [0.25, 0.3) is 21.9 Å². The van der Waals surface area contributed by atoms with Crippen molar-refractivity contribution in [2.45, 2.75) is 18.6 Å². The third-order valence-electron chi connectivity index (χ3n) is 4.79. The van der Waals surface area contributed by atoms with Crippen LogP contribution in [0.4, 0.5) is 0 Å². The lowest BCUT2D eigenvalue weighted by Crippen LogP contribution is -2.13. The zero-order valence-electron chi connectivity index (χ0n) is 12.9. The van der Waals surface area contributed by atoms with Crippen molar-refractivity contribution in [3.05, 3.63) is 40.1 Å². The molecule has 1 aromatic heterocycles. The molecule has 0 aliphatic carbocycles. The highest BCUT2D eigenvalue weighted by molar-refractivity contribution is 5.98. The second kappa shape index (κ2) is 4.64. The summed E-state index contributed by atoms with van der Waals surface area (Å²) in [6.45, 7) is 0.612. The molecule has 1 fully saturated rings. The van der Waals surface area contributed by atoms with E-state index >= 15 is 0 Å². The predicted molar refractivity (Wildman–Crippen MR) is 85.9 cm³/mol. The first-order valence-electron chi connectivity index (χ1n) is 7.76. The predicted octanol–water partition coefficient (Wildman–Crippen LogP) is 2.88. The highest BCUT2D eigenvalue weighted by Gasteiger charge is 2.42. The second-order valence-corrected chi connectivity index (χ2v) is 6.03. The van der Waals surface area contributed by atoms with Gasteiger partial charge in [-0.15, -0.1) is 0 Å². The van der Waals surface area contributed by atoms with Gasteiger partial charge in [0.15, 0.2) is 0 Å². The number of rotatable bonds is 1. The van der Waals surface area contributed by atoms with Gasteiger partial charge in [0.25, 0.3) is 0 Å².